The fourth-order valence-corrected chi connectivity index (χ4v) is 2.04. The number of aryl methyl sites for hydroxylation is 1. The molecular formula is C16H18FN3O. The molecule has 0 radical (unpaired) electrons. The summed E-state index contributed by atoms with van der Waals surface area (Å²) < 4.78 is 14.1. The largest absolute Gasteiger partial charge is 0.409 e. The number of benzene rings is 2. The van der Waals surface area contributed by atoms with Crippen LogP contribution in [-0.2, 0) is 6.54 Å². The number of amidine groups is 1. The summed E-state index contributed by atoms with van der Waals surface area (Å²) in [4.78, 5) is 1.96. The van der Waals surface area contributed by atoms with Crippen molar-refractivity contribution in [2.24, 2.45) is 10.9 Å². The monoisotopic (exact) mass is 287 g/mol. The van der Waals surface area contributed by atoms with Crippen LogP contribution in [0.15, 0.2) is 47.6 Å². The molecule has 0 aliphatic heterocycles. The van der Waals surface area contributed by atoms with Crippen molar-refractivity contribution in [1.29, 1.82) is 0 Å². The number of hydrogen-bond donors (Lipinski definition) is 2. The molecular weight excluding hydrogens is 269 g/mol. The summed E-state index contributed by atoms with van der Waals surface area (Å²) in [5.74, 6) is -0.481. The minimum atomic E-state index is -0.377. The number of hydrogen-bond acceptors (Lipinski definition) is 3. The van der Waals surface area contributed by atoms with Crippen LogP contribution in [0.5, 0.6) is 0 Å². The van der Waals surface area contributed by atoms with E-state index in [-0.39, 0.29) is 11.7 Å². The Labute approximate surface area is 123 Å². The second kappa shape index (κ2) is 6.26. The van der Waals surface area contributed by atoms with Gasteiger partial charge in [-0.05, 0) is 25.1 Å². The van der Waals surface area contributed by atoms with Gasteiger partial charge in [0.2, 0.25) is 0 Å². The van der Waals surface area contributed by atoms with Gasteiger partial charge in [0, 0.05) is 30.4 Å². The fourth-order valence-electron chi connectivity index (χ4n) is 2.04. The Kier molecular flexibility index (Phi) is 4.42. The molecule has 21 heavy (non-hydrogen) atoms. The molecule has 0 heterocycles. The molecule has 0 aromatic heterocycles. The zero-order valence-electron chi connectivity index (χ0n) is 12.0. The zero-order chi connectivity index (χ0) is 15.4. The number of rotatable bonds is 4. The van der Waals surface area contributed by atoms with Crippen molar-refractivity contribution in [3.63, 3.8) is 0 Å². The molecule has 0 fully saturated rings. The van der Waals surface area contributed by atoms with E-state index in [9.17, 15) is 4.39 Å². The van der Waals surface area contributed by atoms with Crippen molar-refractivity contribution < 1.29 is 9.60 Å². The zero-order valence-corrected chi connectivity index (χ0v) is 12.0. The highest BCUT2D eigenvalue weighted by Crippen LogP contribution is 2.18. The minimum absolute atomic E-state index is 0.104. The quantitative estimate of drug-likeness (QED) is 0.393. The van der Waals surface area contributed by atoms with Gasteiger partial charge in [-0.25, -0.2) is 4.39 Å². The van der Waals surface area contributed by atoms with E-state index in [1.807, 2.05) is 43.1 Å². The van der Waals surface area contributed by atoms with Crippen LogP contribution in [0.3, 0.4) is 0 Å². The van der Waals surface area contributed by atoms with Gasteiger partial charge in [0.05, 0.1) is 0 Å². The molecule has 0 unspecified atom stereocenters. The third-order valence-electron chi connectivity index (χ3n) is 3.34. The average Bonchev–Trinajstić information content (AvgIpc) is 2.49. The van der Waals surface area contributed by atoms with Gasteiger partial charge in [-0.3, -0.25) is 0 Å². The van der Waals surface area contributed by atoms with Crippen LogP contribution in [0.4, 0.5) is 10.1 Å². The molecule has 110 valence electrons. The molecule has 0 aliphatic rings. The van der Waals surface area contributed by atoms with Gasteiger partial charge in [0.1, 0.15) is 5.82 Å². The van der Waals surface area contributed by atoms with E-state index >= 15 is 0 Å². The standard InChI is InChI=1S/C16H18FN3O/c1-11-3-7-14(8-4-11)20(2)10-13-6-5-12(9-15(13)17)16(18)19-21/h3-9,21H,10H2,1-2H3,(H2,18,19). The molecule has 0 spiro atoms. The Bertz CT molecular complexity index is 653. The van der Waals surface area contributed by atoms with Crippen molar-refractivity contribution in [3.05, 3.63) is 65.0 Å². The molecule has 2 rings (SSSR count). The summed E-state index contributed by atoms with van der Waals surface area (Å²) in [7, 11) is 1.90. The minimum Gasteiger partial charge on any atom is -0.409 e. The van der Waals surface area contributed by atoms with Crippen LogP contribution in [0, 0.1) is 12.7 Å². The smallest absolute Gasteiger partial charge is 0.170 e. The molecule has 2 aromatic carbocycles. The molecule has 0 bridgehead atoms. The maximum Gasteiger partial charge on any atom is 0.170 e. The summed E-state index contributed by atoms with van der Waals surface area (Å²) >= 11 is 0. The molecule has 0 saturated heterocycles. The SMILES string of the molecule is Cc1ccc(N(C)Cc2ccc(C(N)=NO)cc2F)cc1. The lowest BCUT2D eigenvalue weighted by molar-refractivity contribution is 0.318. The lowest BCUT2D eigenvalue weighted by Crippen LogP contribution is -2.18. The first-order valence-electron chi connectivity index (χ1n) is 6.55. The highest BCUT2D eigenvalue weighted by atomic mass is 19.1. The first kappa shape index (κ1) is 14.8. The maximum absolute atomic E-state index is 14.1. The number of nitrogens with zero attached hydrogens (tertiary/aromatic N) is 2. The number of halogens is 1. The first-order chi connectivity index (χ1) is 10.0. The third kappa shape index (κ3) is 3.51. The summed E-state index contributed by atoms with van der Waals surface area (Å²) in [6.45, 7) is 2.46. The molecule has 0 atom stereocenters. The Hall–Kier alpha value is -2.56. The lowest BCUT2D eigenvalue weighted by atomic mass is 10.1. The predicted octanol–water partition coefficient (Wildman–Crippen LogP) is 2.87. The highest BCUT2D eigenvalue weighted by molar-refractivity contribution is 5.97. The molecule has 4 nitrogen and oxygen atoms in total. The number of oxime groups is 1. The maximum atomic E-state index is 14.1. The number of nitrogens with two attached hydrogens (primary N) is 1. The van der Waals surface area contributed by atoms with Crippen LogP contribution in [0.25, 0.3) is 0 Å². The lowest BCUT2D eigenvalue weighted by Gasteiger charge is -2.20. The van der Waals surface area contributed by atoms with E-state index < -0.39 is 0 Å². The predicted molar refractivity (Wildman–Crippen MR) is 82.2 cm³/mol. The van der Waals surface area contributed by atoms with Crippen LogP contribution in [0.2, 0.25) is 0 Å². The van der Waals surface area contributed by atoms with E-state index in [0.29, 0.717) is 17.7 Å². The van der Waals surface area contributed by atoms with Gasteiger partial charge in [0.15, 0.2) is 5.84 Å². The van der Waals surface area contributed by atoms with Crippen molar-refractivity contribution in [1.82, 2.24) is 0 Å². The second-order valence-corrected chi connectivity index (χ2v) is 4.98. The third-order valence-corrected chi connectivity index (χ3v) is 3.34. The Morgan fingerprint density at radius 3 is 2.48 bits per heavy atom. The molecule has 0 amide bonds. The van der Waals surface area contributed by atoms with Gasteiger partial charge in [-0.2, -0.15) is 0 Å². The summed E-state index contributed by atoms with van der Waals surface area (Å²) in [6.07, 6.45) is 0. The van der Waals surface area contributed by atoms with Gasteiger partial charge < -0.3 is 15.8 Å². The van der Waals surface area contributed by atoms with Crippen LogP contribution in [-0.4, -0.2) is 18.1 Å². The molecule has 3 N–H and O–H groups in total. The van der Waals surface area contributed by atoms with Crippen molar-refractivity contribution in [2.45, 2.75) is 13.5 Å². The van der Waals surface area contributed by atoms with E-state index in [1.165, 1.54) is 11.6 Å². The Balaban J connectivity index is 2.18. The Morgan fingerprint density at radius 1 is 1.24 bits per heavy atom. The molecule has 0 saturated carbocycles. The van der Waals surface area contributed by atoms with E-state index in [1.54, 1.807) is 12.1 Å². The van der Waals surface area contributed by atoms with Crippen LogP contribution < -0.4 is 10.6 Å². The van der Waals surface area contributed by atoms with Crippen LogP contribution in [0.1, 0.15) is 16.7 Å². The topological polar surface area (TPSA) is 61.8 Å². The summed E-state index contributed by atoms with van der Waals surface area (Å²) in [5, 5.41) is 11.5. The molecule has 2 aromatic rings. The average molecular weight is 287 g/mol. The fraction of sp³-hybridized carbons (Fsp3) is 0.188. The van der Waals surface area contributed by atoms with Crippen molar-refractivity contribution >= 4 is 11.5 Å². The summed E-state index contributed by atoms with van der Waals surface area (Å²) in [6, 6.07) is 12.6. The van der Waals surface area contributed by atoms with Crippen LogP contribution >= 0.6 is 0 Å². The number of anilines is 1. The second-order valence-electron chi connectivity index (χ2n) is 4.98. The summed E-state index contributed by atoms with van der Waals surface area (Å²) in [5.41, 5.74) is 8.55. The van der Waals surface area contributed by atoms with Gasteiger partial charge in [0.25, 0.3) is 0 Å². The molecule has 0 aliphatic carbocycles. The van der Waals surface area contributed by atoms with Gasteiger partial charge in [-0.15, -0.1) is 0 Å². The van der Waals surface area contributed by atoms with Crippen molar-refractivity contribution in [2.75, 3.05) is 11.9 Å². The van der Waals surface area contributed by atoms with Gasteiger partial charge in [-0.1, -0.05) is 35.0 Å². The van der Waals surface area contributed by atoms with E-state index in [0.717, 1.165) is 5.69 Å². The van der Waals surface area contributed by atoms with E-state index in [2.05, 4.69) is 5.16 Å². The normalized spacial score (nSPS) is 11.5. The van der Waals surface area contributed by atoms with Gasteiger partial charge >= 0.3 is 0 Å². The highest BCUT2D eigenvalue weighted by Gasteiger charge is 2.09. The first-order valence-corrected chi connectivity index (χ1v) is 6.55. The Morgan fingerprint density at radius 2 is 1.90 bits per heavy atom. The molecule has 5 heteroatoms. The van der Waals surface area contributed by atoms with Crippen molar-refractivity contribution in [3.8, 4) is 0 Å². The van der Waals surface area contributed by atoms with E-state index in [4.69, 9.17) is 10.9 Å².